The van der Waals surface area contributed by atoms with Crippen LogP contribution in [0.4, 0.5) is 0 Å². The van der Waals surface area contributed by atoms with E-state index in [9.17, 15) is 0 Å². The van der Waals surface area contributed by atoms with E-state index in [0.717, 1.165) is 18.8 Å². The molecule has 0 aromatic heterocycles. The first-order valence-corrected chi connectivity index (χ1v) is 8.66. The molecule has 0 spiro atoms. The van der Waals surface area contributed by atoms with E-state index < -0.39 is 0 Å². The van der Waals surface area contributed by atoms with Gasteiger partial charge in [0.25, 0.3) is 0 Å². The van der Waals surface area contributed by atoms with E-state index in [1.54, 1.807) is 0 Å². The molecule has 0 aliphatic carbocycles. The quantitative estimate of drug-likeness (QED) is 0.564. The predicted octanol–water partition coefficient (Wildman–Crippen LogP) is 5.10. The van der Waals surface area contributed by atoms with Crippen molar-refractivity contribution < 1.29 is 0 Å². The molecule has 2 heteroatoms. The van der Waals surface area contributed by atoms with Crippen LogP contribution in [0.5, 0.6) is 0 Å². The Morgan fingerprint density at radius 2 is 1.81 bits per heavy atom. The molecule has 0 atom stereocenters. The van der Waals surface area contributed by atoms with Crippen molar-refractivity contribution in [1.29, 1.82) is 0 Å². The van der Waals surface area contributed by atoms with Crippen LogP contribution in [-0.2, 0) is 12.3 Å². The molecule has 1 N–H and O–H groups in total. The number of hydrogen-bond acceptors (Lipinski definition) is 2. The lowest BCUT2D eigenvalue weighted by Crippen LogP contribution is -2.14. The fourth-order valence-corrected chi connectivity index (χ4v) is 3.33. The summed E-state index contributed by atoms with van der Waals surface area (Å²) in [5, 5.41) is 3.51. The Balaban J connectivity index is 2.04. The molecular weight excluding hydrogens is 274 g/mol. The topological polar surface area (TPSA) is 12.0 Å². The van der Waals surface area contributed by atoms with Gasteiger partial charge in [-0.2, -0.15) is 0 Å². The monoisotopic (exact) mass is 299 g/mol. The molecule has 1 nitrogen and oxygen atoms in total. The Labute approximate surface area is 133 Å². The maximum atomic E-state index is 3.51. The Morgan fingerprint density at radius 1 is 1.00 bits per heavy atom. The van der Waals surface area contributed by atoms with Crippen LogP contribution in [0.2, 0.25) is 0 Å². The molecule has 0 bridgehead atoms. The molecule has 0 aliphatic rings. The van der Waals surface area contributed by atoms with Gasteiger partial charge in [0.1, 0.15) is 0 Å². The molecule has 112 valence electrons. The first-order chi connectivity index (χ1) is 10.2. The normalized spacial score (nSPS) is 10.8. The van der Waals surface area contributed by atoms with Gasteiger partial charge >= 0.3 is 0 Å². The summed E-state index contributed by atoms with van der Waals surface area (Å²) in [6.07, 6.45) is 1.18. The van der Waals surface area contributed by atoms with Crippen LogP contribution in [0.3, 0.4) is 0 Å². The highest BCUT2D eigenvalue weighted by atomic mass is 32.2. The molecule has 0 unspecified atom stereocenters. The van der Waals surface area contributed by atoms with Crippen molar-refractivity contribution in [2.45, 2.75) is 44.4 Å². The first-order valence-electron chi connectivity index (χ1n) is 7.67. The van der Waals surface area contributed by atoms with Crippen molar-refractivity contribution in [3.8, 4) is 0 Å². The van der Waals surface area contributed by atoms with Gasteiger partial charge in [-0.3, -0.25) is 0 Å². The average molecular weight is 299 g/mol. The molecule has 0 amide bonds. The van der Waals surface area contributed by atoms with Crippen molar-refractivity contribution in [3.05, 3.63) is 64.7 Å². The second-order valence-electron chi connectivity index (χ2n) is 5.57. The molecule has 2 aromatic rings. The molecule has 21 heavy (non-hydrogen) atoms. The van der Waals surface area contributed by atoms with Crippen molar-refractivity contribution >= 4 is 11.8 Å². The SMILES string of the molecule is CCCNCc1cc(C)ccc1SCc1cccc(C)c1. The number of benzene rings is 2. The van der Waals surface area contributed by atoms with E-state index in [-0.39, 0.29) is 0 Å². The van der Waals surface area contributed by atoms with E-state index in [4.69, 9.17) is 0 Å². The minimum absolute atomic E-state index is 0.964. The summed E-state index contributed by atoms with van der Waals surface area (Å²) in [7, 11) is 0. The van der Waals surface area contributed by atoms with Gasteiger partial charge in [-0.25, -0.2) is 0 Å². The molecule has 0 aliphatic heterocycles. The van der Waals surface area contributed by atoms with Gasteiger partial charge in [0.2, 0.25) is 0 Å². The lowest BCUT2D eigenvalue weighted by atomic mass is 10.1. The zero-order valence-corrected chi connectivity index (χ0v) is 14.1. The molecule has 2 rings (SSSR count). The van der Waals surface area contributed by atoms with Gasteiger partial charge < -0.3 is 5.32 Å². The number of rotatable bonds is 7. The van der Waals surface area contributed by atoms with E-state index in [1.165, 1.54) is 33.6 Å². The predicted molar refractivity (Wildman–Crippen MR) is 93.9 cm³/mol. The summed E-state index contributed by atoms with van der Waals surface area (Å²) in [4.78, 5) is 1.39. The van der Waals surface area contributed by atoms with E-state index in [2.05, 4.69) is 68.6 Å². The first kappa shape index (κ1) is 16.1. The summed E-state index contributed by atoms with van der Waals surface area (Å²) in [6.45, 7) is 8.57. The third-order valence-electron chi connectivity index (χ3n) is 3.44. The van der Waals surface area contributed by atoms with E-state index in [1.807, 2.05) is 11.8 Å². The van der Waals surface area contributed by atoms with Crippen LogP contribution >= 0.6 is 11.8 Å². The van der Waals surface area contributed by atoms with Gasteiger partial charge in [-0.1, -0.05) is 54.4 Å². The maximum absolute atomic E-state index is 3.51. The van der Waals surface area contributed by atoms with Crippen LogP contribution in [0.15, 0.2) is 47.4 Å². The highest BCUT2D eigenvalue weighted by Gasteiger charge is 2.04. The van der Waals surface area contributed by atoms with Crippen LogP contribution < -0.4 is 5.32 Å². The minimum Gasteiger partial charge on any atom is -0.313 e. The Morgan fingerprint density at radius 3 is 2.57 bits per heavy atom. The molecule has 0 heterocycles. The highest BCUT2D eigenvalue weighted by molar-refractivity contribution is 7.98. The van der Waals surface area contributed by atoms with Crippen LogP contribution in [-0.4, -0.2) is 6.54 Å². The van der Waals surface area contributed by atoms with Crippen LogP contribution in [0.25, 0.3) is 0 Å². The second-order valence-corrected chi connectivity index (χ2v) is 6.58. The molecule has 0 fully saturated rings. The largest absolute Gasteiger partial charge is 0.313 e. The lowest BCUT2D eigenvalue weighted by molar-refractivity contribution is 0.669. The zero-order valence-electron chi connectivity index (χ0n) is 13.3. The summed E-state index contributed by atoms with van der Waals surface area (Å²) in [6, 6.07) is 15.6. The lowest BCUT2D eigenvalue weighted by Gasteiger charge is -2.11. The Bertz CT molecular complexity index is 578. The number of hydrogen-bond donors (Lipinski definition) is 1. The number of nitrogens with one attached hydrogen (secondary N) is 1. The average Bonchev–Trinajstić information content (AvgIpc) is 2.47. The van der Waals surface area contributed by atoms with Gasteiger partial charge in [0.15, 0.2) is 0 Å². The summed E-state index contributed by atoms with van der Waals surface area (Å²) in [5.41, 5.74) is 5.49. The Hall–Kier alpha value is -1.25. The number of aryl methyl sites for hydroxylation is 2. The Kier molecular flexibility index (Phi) is 6.34. The fraction of sp³-hybridized carbons (Fsp3) is 0.368. The van der Waals surface area contributed by atoms with Crippen LogP contribution in [0, 0.1) is 13.8 Å². The van der Waals surface area contributed by atoms with Crippen molar-refractivity contribution in [1.82, 2.24) is 5.32 Å². The fourth-order valence-electron chi connectivity index (χ4n) is 2.35. The molecule has 0 saturated heterocycles. The van der Waals surface area contributed by atoms with Gasteiger partial charge in [0.05, 0.1) is 0 Å². The highest BCUT2D eigenvalue weighted by Crippen LogP contribution is 2.27. The summed E-state index contributed by atoms with van der Waals surface area (Å²) >= 11 is 1.94. The smallest absolute Gasteiger partial charge is 0.0232 e. The molecule has 2 aromatic carbocycles. The summed E-state index contributed by atoms with van der Waals surface area (Å²) < 4.78 is 0. The number of thioether (sulfide) groups is 1. The second kappa shape index (κ2) is 8.26. The van der Waals surface area contributed by atoms with Gasteiger partial charge in [0, 0.05) is 17.2 Å². The van der Waals surface area contributed by atoms with E-state index in [0.29, 0.717) is 0 Å². The van der Waals surface area contributed by atoms with Crippen molar-refractivity contribution in [3.63, 3.8) is 0 Å². The van der Waals surface area contributed by atoms with E-state index >= 15 is 0 Å². The van der Waals surface area contributed by atoms with Crippen LogP contribution in [0.1, 0.15) is 35.6 Å². The maximum Gasteiger partial charge on any atom is 0.0232 e. The standard InChI is InChI=1S/C19H25NS/c1-4-10-20-13-18-12-16(3)8-9-19(18)21-14-17-7-5-6-15(2)11-17/h5-9,11-12,20H,4,10,13-14H2,1-3H3. The third-order valence-corrected chi connectivity index (χ3v) is 4.62. The van der Waals surface area contributed by atoms with Gasteiger partial charge in [-0.05, 0) is 44.0 Å². The van der Waals surface area contributed by atoms with Crippen molar-refractivity contribution in [2.75, 3.05) is 6.54 Å². The molecular formula is C19H25NS. The minimum atomic E-state index is 0.964. The molecule has 0 saturated carbocycles. The summed E-state index contributed by atoms with van der Waals surface area (Å²) in [5.74, 6) is 1.03. The van der Waals surface area contributed by atoms with Crippen molar-refractivity contribution in [2.24, 2.45) is 0 Å². The zero-order chi connectivity index (χ0) is 15.1. The third kappa shape index (κ3) is 5.22. The molecule has 0 radical (unpaired) electrons. The van der Waals surface area contributed by atoms with Gasteiger partial charge in [-0.15, -0.1) is 11.8 Å².